The van der Waals surface area contributed by atoms with Crippen LogP contribution in [-0.4, -0.2) is 43.0 Å². The van der Waals surface area contributed by atoms with Crippen LogP contribution < -0.4 is 4.90 Å². The van der Waals surface area contributed by atoms with E-state index in [1.54, 1.807) is 12.1 Å². The Labute approximate surface area is 143 Å². The maximum atomic E-state index is 11.2. The van der Waals surface area contributed by atoms with Crippen molar-refractivity contribution in [2.24, 2.45) is 5.92 Å². The zero-order chi connectivity index (χ0) is 16.8. The van der Waals surface area contributed by atoms with Crippen LogP contribution in [-0.2, 0) is 0 Å². The first-order valence-corrected chi connectivity index (χ1v) is 8.76. The van der Waals surface area contributed by atoms with E-state index in [9.17, 15) is 10.1 Å². The zero-order valence-electron chi connectivity index (χ0n) is 14.0. The minimum absolute atomic E-state index is 0.107. The van der Waals surface area contributed by atoms with Crippen molar-refractivity contribution in [1.82, 2.24) is 4.90 Å². The monoisotopic (exact) mass is 339 g/mol. The number of hydrogen-bond donors (Lipinski definition) is 0. The molecular weight excluding hydrogens is 314 g/mol. The Balaban J connectivity index is 1.93. The standard InChI is InChI=1S/C17H26ClN3O2/c1-3-4-9-19(2)13-14-7-10-20(11-8-14)16-6-5-15(18)12-17(16)21(22)23/h5-6,12,14H,3-4,7-11,13H2,1-2H3. The van der Waals surface area contributed by atoms with Gasteiger partial charge in [-0.15, -0.1) is 0 Å². The summed E-state index contributed by atoms with van der Waals surface area (Å²) in [5.41, 5.74) is 0.799. The third-order valence-electron chi connectivity index (χ3n) is 4.55. The lowest BCUT2D eigenvalue weighted by Gasteiger charge is -2.35. The maximum Gasteiger partial charge on any atom is 0.294 e. The molecule has 0 aromatic heterocycles. The van der Waals surface area contributed by atoms with Crippen molar-refractivity contribution in [2.45, 2.75) is 32.6 Å². The molecule has 0 saturated carbocycles. The van der Waals surface area contributed by atoms with Crippen molar-refractivity contribution < 1.29 is 4.92 Å². The van der Waals surface area contributed by atoms with Crippen LogP contribution >= 0.6 is 11.6 Å². The molecule has 0 radical (unpaired) electrons. The molecule has 1 heterocycles. The van der Waals surface area contributed by atoms with E-state index in [2.05, 4.69) is 23.8 Å². The minimum Gasteiger partial charge on any atom is -0.366 e. The topological polar surface area (TPSA) is 49.6 Å². The molecule has 1 aliphatic rings. The van der Waals surface area contributed by atoms with Crippen LogP contribution in [0.2, 0.25) is 5.02 Å². The third kappa shape index (κ3) is 5.08. The molecule has 1 aromatic rings. The van der Waals surface area contributed by atoms with E-state index in [0.29, 0.717) is 16.6 Å². The first-order valence-electron chi connectivity index (χ1n) is 8.38. The molecule has 0 unspecified atom stereocenters. The van der Waals surface area contributed by atoms with Crippen LogP contribution in [0.4, 0.5) is 11.4 Å². The first kappa shape index (κ1) is 18.0. The molecule has 1 saturated heterocycles. The fraction of sp³-hybridized carbons (Fsp3) is 0.647. The van der Waals surface area contributed by atoms with Crippen molar-refractivity contribution in [1.29, 1.82) is 0 Å². The number of nitro benzene ring substituents is 1. The molecule has 2 rings (SSSR count). The molecule has 1 aliphatic heterocycles. The average Bonchev–Trinajstić information content (AvgIpc) is 2.53. The molecule has 1 aromatic carbocycles. The summed E-state index contributed by atoms with van der Waals surface area (Å²) in [5, 5.41) is 11.7. The summed E-state index contributed by atoms with van der Waals surface area (Å²) in [7, 11) is 2.19. The van der Waals surface area contributed by atoms with Gasteiger partial charge in [-0.05, 0) is 50.9 Å². The Kier molecular flexibility index (Phi) is 6.66. The summed E-state index contributed by atoms with van der Waals surface area (Å²) >= 11 is 5.89. The van der Waals surface area contributed by atoms with Gasteiger partial charge in [0, 0.05) is 30.7 Å². The highest BCUT2D eigenvalue weighted by atomic mass is 35.5. The van der Waals surface area contributed by atoms with Gasteiger partial charge in [0.1, 0.15) is 5.69 Å². The number of piperidine rings is 1. The number of hydrogen-bond acceptors (Lipinski definition) is 4. The fourth-order valence-corrected chi connectivity index (χ4v) is 3.39. The predicted molar refractivity (Wildman–Crippen MR) is 95.4 cm³/mol. The molecule has 0 aliphatic carbocycles. The second-order valence-electron chi connectivity index (χ2n) is 6.44. The molecule has 6 heteroatoms. The van der Waals surface area contributed by atoms with Gasteiger partial charge in [0.15, 0.2) is 0 Å². The van der Waals surface area contributed by atoms with Crippen molar-refractivity contribution >= 4 is 23.0 Å². The Morgan fingerprint density at radius 2 is 2.09 bits per heavy atom. The second-order valence-corrected chi connectivity index (χ2v) is 6.87. The molecule has 23 heavy (non-hydrogen) atoms. The first-order chi connectivity index (χ1) is 11.0. The largest absolute Gasteiger partial charge is 0.366 e. The predicted octanol–water partition coefficient (Wildman–Crippen LogP) is 4.20. The van der Waals surface area contributed by atoms with E-state index < -0.39 is 0 Å². The SMILES string of the molecule is CCCCN(C)CC1CCN(c2ccc(Cl)cc2[N+](=O)[O-])CC1. The van der Waals surface area contributed by atoms with Gasteiger partial charge in [-0.25, -0.2) is 0 Å². The number of rotatable bonds is 7. The molecule has 1 fully saturated rings. The van der Waals surface area contributed by atoms with Gasteiger partial charge in [-0.3, -0.25) is 10.1 Å². The van der Waals surface area contributed by atoms with Crippen molar-refractivity contribution in [3.05, 3.63) is 33.3 Å². The lowest BCUT2D eigenvalue weighted by Crippen LogP contribution is -2.38. The quantitative estimate of drug-likeness (QED) is 0.552. The highest BCUT2D eigenvalue weighted by Crippen LogP contribution is 2.33. The number of nitro groups is 1. The second kappa shape index (κ2) is 8.50. The Bertz CT molecular complexity index is 531. The van der Waals surface area contributed by atoms with Crippen LogP contribution in [0.15, 0.2) is 18.2 Å². The lowest BCUT2D eigenvalue weighted by atomic mass is 9.95. The van der Waals surface area contributed by atoms with Gasteiger partial charge >= 0.3 is 0 Å². The van der Waals surface area contributed by atoms with Gasteiger partial charge in [-0.2, -0.15) is 0 Å². The summed E-state index contributed by atoms with van der Waals surface area (Å²) in [5.74, 6) is 0.680. The number of benzene rings is 1. The van der Waals surface area contributed by atoms with E-state index in [1.807, 2.05) is 0 Å². The maximum absolute atomic E-state index is 11.2. The van der Waals surface area contributed by atoms with Crippen LogP contribution in [0.1, 0.15) is 32.6 Å². The highest BCUT2D eigenvalue weighted by Gasteiger charge is 2.25. The van der Waals surface area contributed by atoms with E-state index >= 15 is 0 Å². The van der Waals surface area contributed by atoms with E-state index in [4.69, 9.17) is 11.6 Å². The summed E-state index contributed by atoms with van der Waals surface area (Å²) in [4.78, 5) is 15.4. The molecule has 0 N–H and O–H groups in total. The molecular formula is C17H26ClN3O2. The van der Waals surface area contributed by atoms with Crippen molar-refractivity contribution in [2.75, 3.05) is 38.1 Å². The number of nitrogens with zero attached hydrogens (tertiary/aromatic N) is 3. The molecule has 5 nitrogen and oxygen atoms in total. The number of halogens is 1. The van der Waals surface area contributed by atoms with Gasteiger partial charge in [0.25, 0.3) is 5.69 Å². The summed E-state index contributed by atoms with van der Waals surface area (Å²) in [6, 6.07) is 4.95. The van der Waals surface area contributed by atoms with Gasteiger partial charge in [0.05, 0.1) is 4.92 Å². The molecule has 0 atom stereocenters. The lowest BCUT2D eigenvalue weighted by molar-refractivity contribution is -0.384. The van der Waals surface area contributed by atoms with Crippen molar-refractivity contribution in [3.8, 4) is 0 Å². The summed E-state index contributed by atoms with van der Waals surface area (Å²) in [6.45, 7) is 6.23. The summed E-state index contributed by atoms with van der Waals surface area (Å²) < 4.78 is 0. The van der Waals surface area contributed by atoms with Crippen molar-refractivity contribution in [3.63, 3.8) is 0 Å². The summed E-state index contributed by atoms with van der Waals surface area (Å²) in [6.07, 6.45) is 4.63. The van der Waals surface area contributed by atoms with E-state index in [0.717, 1.165) is 39.0 Å². The number of unbranched alkanes of at least 4 members (excludes halogenated alkanes) is 1. The zero-order valence-corrected chi connectivity index (χ0v) is 14.8. The Hall–Kier alpha value is -1.33. The van der Waals surface area contributed by atoms with Crippen LogP contribution in [0, 0.1) is 16.0 Å². The third-order valence-corrected chi connectivity index (χ3v) is 4.79. The van der Waals surface area contributed by atoms with Gasteiger partial charge in [-0.1, -0.05) is 24.9 Å². The van der Waals surface area contributed by atoms with E-state index in [-0.39, 0.29) is 10.6 Å². The Morgan fingerprint density at radius 1 is 1.39 bits per heavy atom. The normalized spacial score (nSPS) is 16.1. The van der Waals surface area contributed by atoms with Gasteiger partial charge < -0.3 is 9.80 Å². The average molecular weight is 340 g/mol. The highest BCUT2D eigenvalue weighted by molar-refractivity contribution is 6.30. The van der Waals surface area contributed by atoms with Crippen LogP contribution in [0.3, 0.4) is 0 Å². The van der Waals surface area contributed by atoms with Crippen LogP contribution in [0.5, 0.6) is 0 Å². The number of anilines is 1. The van der Waals surface area contributed by atoms with E-state index in [1.165, 1.54) is 18.9 Å². The smallest absolute Gasteiger partial charge is 0.294 e. The van der Waals surface area contributed by atoms with Crippen LogP contribution in [0.25, 0.3) is 0 Å². The molecule has 0 spiro atoms. The fourth-order valence-electron chi connectivity index (χ4n) is 3.23. The molecule has 0 amide bonds. The molecule has 0 bridgehead atoms. The molecule has 128 valence electrons. The minimum atomic E-state index is -0.341. The van der Waals surface area contributed by atoms with Gasteiger partial charge in [0.2, 0.25) is 0 Å². The Morgan fingerprint density at radius 3 is 2.70 bits per heavy atom.